The van der Waals surface area contributed by atoms with Crippen LogP contribution in [0, 0.1) is 13.8 Å². The molecule has 0 saturated carbocycles. The molecule has 1 fully saturated rings. The summed E-state index contributed by atoms with van der Waals surface area (Å²) >= 11 is 0. The fraction of sp³-hybridized carbons (Fsp3) is 0.300. The summed E-state index contributed by atoms with van der Waals surface area (Å²) in [6.45, 7) is 4.83. The number of sulfonamides is 1. The van der Waals surface area contributed by atoms with Crippen LogP contribution in [0.15, 0.2) is 46.4 Å². The van der Waals surface area contributed by atoms with Gasteiger partial charge in [0.15, 0.2) is 0 Å². The zero-order valence-corrected chi connectivity index (χ0v) is 17.1. The molecular weight excluding hydrogens is 394 g/mol. The molecule has 1 amide bonds. The Morgan fingerprint density at radius 1 is 1.17 bits per heavy atom. The molecule has 0 bridgehead atoms. The second kappa shape index (κ2) is 8.73. The Labute approximate surface area is 169 Å². The van der Waals surface area contributed by atoms with Gasteiger partial charge >= 0.3 is 0 Å². The first-order chi connectivity index (χ1) is 13.8. The van der Waals surface area contributed by atoms with Gasteiger partial charge in [-0.15, -0.1) is 0 Å². The van der Waals surface area contributed by atoms with Gasteiger partial charge in [0.2, 0.25) is 10.0 Å². The Bertz CT molecular complexity index is 1020. The number of carbonyl (C=O) groups is 1. The third kappa shape index (κ3) is 4.81. The van der Waals surface area contributed by atoms with Crippen LogP contribution in [-0.4, -0.2) is 56.3 Å². The maximum absolute atomic E-state index is 12.7. The first-order valence-electron chi connectivity index (χ1n) is 9.10. The van der Waals surface area contributed by atoms with Crippen LogP contribution in [0.25, 0.3) is 0 Å². The van der Waals surface area contributed by atoms with E-state index in [0.717, 1.165) is 5.56 Å². The Balaban J connectivity index is 1.72. The topological polar surface area (TPSA) is 108 Å². The van der Waals surface area contributed by atoms with Crippen LogP contribution < -0.4 is 5.43 Å². The quantitative estimate of drug-likeness (QED) is 0.570. The molecule has 3 rings (SSSR count). The van der Waals surface area contributed by atoms with Crippen LogP contribution in [0.5, 0.6) is 5.75 Å². The van der Waals surface area contributed by atoms with Gasteiger partial charge in [0, 0.05) is 18.7 Å². The van der Waals surface area contributed by atoms with Crippen LogP contribution in [0.1, 0.15) is 27.0 Å². The van der Waals surface area contributed by atoms with Crippen molar-refractivity contribution in [3.63, 3.8) is 0 Å². The zero-order chi connectivity index (χ0) is 21.0. The molecule has 0 aromatic heterocycles. The molecule has 0 unspecified atom stereocenters. The molecule has 0 spiro atoms. The molecule has 29 heavy (non-hydrogen) atoms. The van der Waals surface area contributed by atoms with Crippen molar-refractivity contribution in [3.05, 3.63) is 58.7 Å². The van der Waals surface area contributed by atoms with E-state index in [4.69, 9.17) is 4.74 Å². The van der Waals surface area contributed by atoms with Crippen molar-refractivity contribution >= 4 is 22.1 Å². The zero-order valence-electron chi connectivity index (χ0n) is 16.3. The molecule has 1 aliphatic heterocycles. The van der Waals surface area contributed by atoms with Crippen LogP contribution in [0.4, 0.5) is 0 Å². The van der Waals surface area contributed by atoms with Crippen LogP contribution in [0.3, 0.4) is 0 Å². The Hall–Kier alpha value is -2.75. The largest absolute Gasteiger partial charge is 0.507 e. The number of morpholine rings is 1. The lowest BCUT2D eigenvalue weighted by atomic mass is 10.1. The number of phenolic OH excluding ortho intramolecular Hbond substituents is 1. The van der Waals surface area contributed by atoms with E-state index in [1.807, 2.05) is 0 Å². The lowest BCUT2D eigenvalue weighted by Gasteiger charge is -2.26. The number of aryl methyl sites for hydroxylation is 2. The van der Waals surface area contributed by atoms with E-state index in [2.05, 4.69) is 10.5 Å². The maximum Gasteiger partial charge on any atom is 0.271 e. The number of rotatable bonds is 5. The summed E-state index contributed by atoms with van der Waals surface area (Å²) in [5.74, 6) is -0.294. The van der Waals surface area contributed by atoms with E-state index >= 15 is 0 Å². The number of aromatic hydroxyl groups is 1. The lowest BCUT2D eigenvalue weighted by molar-refractivity contribution is 0.0730. The van der Waals surface area contributed by atoms with Gasteiger partial charge in [0.05, 0.1) is 24.3 Å². The first-order valence-corrected chi connectivity index (χ1v) is 10.5. The molecular formula is C20H23N3O5S. The van der Waals surface area contributed by atoms with E-state index in [0.29, 0.717) is 24.3 Å². The smallest absolute Gasteiger partial charge is 0.271 e. The minimum Gasteiger partial charge on any atom is -0.507 e. The fourth-order valence-corrected chi connectivity index (χ4v) is 4.48. The molecule has 154 valence electrons. The number of nitrogens with one attached hydrogen (secondary N) is 1. The Kier molecular flexibility index (Phi) is 6.31. The number of benzene rings is 2. The second-order valence-corrected chi connectivity index (χ2v) is 8.68. The number of ether oxygens (including phenoxy) is 1. The number of hydrogen-bond acceptors (Lipinski definition) is 6. The van der Waals surface area contributed by atoms with Gasteiger partial charge in [-0.1, -0.05) is 6.07 Å². The summed E-state index contributed by atoms with van der Waals surface area (Å²) in [7, 11) is -3.68. The van der Waals surface area contributed by atoms with E-state index < -0.39 is 15.9 Å². The third-order valence-corrected chi connectivity index (χ3v) is 6.49. The molecule has 0 aliphatic carbocycles. The molecule has 2 aromatic carbocycles. The SMILES string of the molecule is Cc1cc(/C=N/NC(=O)c2cccc(S(=O)(=O)N3CCOCC3)c2)cc(C)c1O. The van der Waals surface area contributed by atoms with E-state index in [1.165, 1.54) is 34.8 Å². The first kappa shape index (κ1) is 21.0. The third-order valence-electron chi connectivity index (χ3n) is 4.60. The molecule has 1 heterocycles. The van der Waals surface area contributed by atoms with Crippen molar-refractivity contribution in [2.24, 2.45) is 5.10 Å². The molecule has 2 aromatic rings. The summed E-state index contributed by atoms with van der Waals surface area (Å²) < 4.78 is 32.0. The lowest BCUT2D eigenvalue weighted by Crippen LogP contribution is -2.40. The van der Waals surface area contributed by atoms with Crippen molar-refractivity contribution in [2.45, 2.75) is 18.7 Å². The Morgan fingerprint density at radius 3 is 2.48 bits per heavy atom. The predicted octanol–water partition coefficient (Wildman–Crippen LogP) is 1.79. The standard InChI is InChI=1S/C20H23N3O5S/c1-14-10-16(11-15(2)19(14)24)13-21-22-20(25)17-4-3-5-18(12-17)29(26,27)23-6-8-28-9-7-23/h3-5,10-13,24H,6-9H2,1-2H3,(H,22,25)/b21-13+. The summed E-state index contributed by atoms with van der Waals surface area (Å²) in [4.78, 5) is 12.4. The average Bonchev–Trinajstić information content (AvgIpc) is 2.72. The van der Waals surface area contributed by atoms with Gasteiger partial charge in [-0.05, 0) is 60.9 Å². The summed E-state index contributed by atoms with van der Waals surface area (Å²) in [6.07, 6.45) is 1.46. The van der Waals surface area contributed by atoms with Crippen LogP contribution in [-0.2, 0) is 14.8 Å². The predicted molar refractivity (Wildman–Crippen MR) is 109 cm³/mol. The monoisotopic (exact) mass is 417 g/mol. The number of hydrazone groups is 1. The molecule has 0 atom stereocenters. The molecule has 1 aliphatic rings. The van der Waals surface area contributed by atoms with Gasteiger partial charge in [-0.25, -0.2) is 13.8 Å². The highest BCUT2D eigenvalue weighted by atomic mass is 32.2. The number of amides is 1. The molecule has 2 N–H and O–H groups in total. The summed E-state index contributed by atoms with van der Waals surface area (Å²) in [6, 6.07) is 9.34. The number of carbonyl (C=O) groups excluding carboxylic acids is 1. The Morgan fingerprint density at radius 2 is 1.83 bits per heavy atom. The van der Waals surface area contributed by atoms with E-state index in [1.54, 1.807) is 26.0 Å². The number of phenols is 1. The van der Waals surface area contributed by atoms with Crippen LogP contribution >= 0.6 is 0 Å². The number of nitrogens with zero attached hydrogens (tertiary/aromatic N) is 2. The van der Waals surface area contributed by atoms with Gasteiger partial charge in [0.25, 0.3) is 5.91 Å². The second-order valence-electron chi connectivity index (χ2n) is 6.75. The molecule has 0 radical (unpaired) electrons. The van der Waals surface area contributed by atoms with Crippen molar-refractivity contribution in [1.82, 2.24) is 9.73 Å². The van der Waals surface area contributed by atoms with Crippen molar-refractivity contribution in [3.8, 4) is 5.75 Å². The normalized spacial score (nSPS) is 15.5. The van der Waals surface area contributed by atoms with Gasteiger partial charge in [-0.3, -0.25) is 4.79 Å². The number of hydrogen-bond donors (Lipinski definition) is 2. The highest BCUT2D eigenvalue weighted by molar-refractivity contribution is 7.89. The van der Waals surface area contributed by atoms with E-state index in [-0.39, 0.29) is 29.3 Å². The van der Waals surface area contributed by atoms with Crippen LogP contribution in [0.2, 0.25) is 0 Å². The maximum atomic E-state index is 12.7. The van der Waals surface area contributed by atoms with Gasteiger partial charge < -0.3 is 9.84 Å². The van der Waals surface area contributed by atoms with Gasteiger partial charge in [0.1, 0.15) is 5.75 Å². The molecule has 8 nitrogen and oxygen atoms in total. The van der Waals surface area contributed by atoms with E-state index in [9.17, 15) is 18.3 Å². The van der Waals surface area contributed by atoms with Gasteiger partial charge in [-0.2, -0.15) is 9.41 Å². The average molecular weight is 417 g/mol. The van der Waals surface area contributed by atoms with Crippen molar-refractivity contribution < 1.29 is 23.1 Å². The van der Waals surface area contributed by atoms with Crippen molar-refractivity contribution in [2.75, 3.05) is 26.3 Å². The summed E-state index contributed by atoms with van der Waals surface area (Å²) in [5.41, 5.74) is 4.73. The minimum atomic E-state index is -3.68. The molecule has 1 saturated heterocycles. The minimum absolute atomic E-state index is 0.0563. The van der Waals surface area contributed by atoms with Crippen molar-refractivity contribution in [1.29, 1.82) is 0 Å². The summed E-state index contributed by atoms with van der Waals surface area (Å²) in [5, 5.41) is 13.7. The fourth-order valence-electron chi connectivity index (χ4n) is 3.03. The highest BCUT2D eigenvalue weighted by Gasteiger charge is 2.26. The molecule has 9 heteroatoms. The highest BCUT2D eigenvalue weighted by Crippen LogP contribution is 2.22.